The summed E-state index contributed by atoms with van der Waals surface area (Å²) in [7, 11) is 4.00. The van der Waals surface area contributed by atoms with Crippen LogP contribution in [0.5, 0.6) is 0 Å². The van der Waals surface area contributed by atoms with Gasteiger partial charge in [-0.1, -0.05) is 39.5 Å². The number of nitrogens with one attached hydrogen (secondary N) is 3. The standard InChI is InChI=1S/C27H43ClFN7O4/c1-27(2)16-36(15-19(27)35(3)4)23-21(29)22(31-25(28)32-23)33-34-24(37)18(13-17-9-5-6-10-17)14-30-26(38)40-20-11-7-8-12-39-20/h17-20H,5-16H2,1-4H3,(H,30,38)(H,34,37)(H,31,32,33)/t18-,19?,20?/m1/s1. The number of carbonyl (C=O) groups is 2. The van der Waals surface area contributed by atoms with E-state index in [4.69, 9.17) is 21.1 Å². The molecule has 40 heavy (non-hydrogen) atoms. The molecule has 2 unspecified atom stereocenters. The molecule has 3 aliphatic rings. The van der Waals surface area contributed by atoms with Gasteiger partial charge in [-0.25, -0.2) is 4.79 Å². The highest BCUT2D eigenvalue weighted by Crippen LogP contribution is 2.37. The minimum atomic E-state index is -0.693. The van der Waals surface area contributed by atoms with E-state index >= 15 is 4.39 Å². The Morgan fingerprint density at radius 1 is 1.20 bits per heavy atom. The quantitative estimate of drug-likeness (QED) is 0.278. The van der Waals surface area contributed by atoms with Gasteiger partial charge in [0.1, 0.15) is 0 Å². The third kappa shape index (κ3) is 7.85. The number of carbonyl (C=O) groups excluding carboxylic acids is 2. The molecule has 1 saturated carbocycles. The van der Waals surface area contributed by atoms with E-state index in [0.29, 0.717) is 38.5 Å². The lowest BCUT2D eigenvalue weighted by Gasteiger charge is -2.30. The van der Waals surface area contributed by atoms with Crippen LogP contribution in [-0.4, -0.2) is 79.5 Å². The highest BCUT2D eigenvalue weighted by Gasteiger charge is 2.42. The molecule has 13 heteroatoms. The molecule has 3 heterocycles. The molecule has 1 aromatic heterocycles. The lowest BCUT2D eigenvalue weighted by Crippen LogP contribution is -2.43. The molecule has 3 atom stereocenters. The largest absolute Gasteiger partial charge is 0.420 e. The number of halogens is 2. The van der Waals surface area contributed by atoms with Crippen molar-refractivity contribution < 1.29 is 23.5 Å². The average Bonchev–Trinajstić information content (AvgIpc) is 3.54. The molecule has 1 aliphatic carbocycles. The molecule has 0 spiro atoms. The number of anilines is 2. The Bertz CT molecular complexity index is 1030. The molecule has 4 rings (SSSR count). The maximum absolute atomic E-state index is 15.6. The fourth-order valence-corrected chi connectivity index (χ4v) is 6.33. The van der Waals surface area contributed by atoms with Crippen molar-refractivity contribution in [3.63, 3.8) is 0 Å². The molecule has 11 nitrogen and oxygen atoms in total. The lowest BCUT2D eigenvalue weighted by atomic mass is 9.87. The van der Waals surface area contributed by atoms with Gasteiger partial charge in [-0.3, -0.25) is 15.6 Å². The summed E-state index contributed by atoms with van der Waals surface area (Å²) in [5.74, 6) is -1.36. The fraction of sp³-hybridized carbons (Fsp3) is 0.778. The molecule has 1 aromatic rings. The van der Waals surface area contributed by atoms with Crippen molar-refractivity contribution in [2.75, 3.05) is 50.7 Å². The Morgan fingerprint density at radius 3 is 2.58 bits per heavy atom. The first-order valence-corrected chi connectivity index (χ1v) is 14.7. The number of hydrazine groups is 1. The van der Waals surface area contributed by atoms with Crippen molar-refractivity contribution in [3.8, 4) is 0 Å². The van der Waals surface area contributed by atoms with E-state index < -0.39 is 24.1 Å². The van der Waals surface area contributed by atoms with E-state index in [-0.39, 0.29) is 40.8 Å². The number of alkyl carbamates (subject to hydrolysis) is 1. The zero-order valence-corrected chi connectivity index (χ0v) is 24.7. The Hall–Kier alpha value is -2.44. The molecular formula is C27H43ClFN7O4. The predicted molar refractivity (Wildman–Crippen MR) is 150 cm³/mol. The van der Waals surface area contributed by atoms with Crippen molar-refractivity contribution >= 4 is 35.2 Å². The highest BCUT2D eigenvalue weighted by atomic mass is 35.5. The third-order valence-corrected chi connectivity index (χ3v) is 8.43. The van der Waals surface area contributed by atoms with Crippen LogP contribution in [0, 0.1) is 23.1 Å². The van der Waals surface area contributed by atoms with Gasteiger partial charge in [0.25, 0.3) is 0 Å². The number of hydrogen-bond donors (Lipinski definition) is 3. The zero-order chi connectivity index (χ0) is 28.9. The van der Waals surface area contributed by atoms with E-state index in [0.717, 1.165) is 38.5 Å². The van der Waals surface area contributed by atoms with Gasteiger partial charge in [-0.2, -0.15) is 14.4 Å². The minimum Gasteiger partial charge on any atom is -0.420 e. The normalized spacial score (nSPS) is 23.7. The van der Waals surface area contributed by atoms with Crippen LogP contribution in [0.15, 0.2) is 0 Å². The van der Waals surface area contributed by atoms with Gasteiger partial charge >= 0.3 is 6.09 Å². The number of hydrogen-bond acceptors (Lipinski definition) is 9. The summed E-state index contributed by atoms with van der Waals surface area (Å²) in [6, 6.07) is 0.192. The van der Waals surface area contributed by atoms with Crippen LogP contribution in [0.1, 0.15) is 65.2 Å². The smallest absolute Gasteiger partial charge is 0.409 e. The monoisotopic (exact) mass is 583 g/mol. The molecule has 2 aliphatic heterocycles. The van der Waals surface area contributed by atoms with E-state index in [9.17, 15) is 9.59 Å². The Balaban J connectivity index is 1.39. The number of rotatable bonds is 10. The van der Waals surface area contributed by atoms with Crippen molar-refractivity contribution in [2.24, 2.45) is 17.3 Å². The highest BCUT2D eigenvalue weighted by molar-refractivity contribution is 6.28. The molecule has 224 valence electrons. The number of amides is 2. The van der Waals surface area contributed by atoms with Gasteiger partial charge < -0.3 is 24.6 Å². The van der Waals surface area contributed by atoms with Crippen molar-refractivity contribution in [2.45, 2.75) is 77.5 Å². The second-order valence-corrected chi connectivity index (χ2v) is 12.4. The first kappa shape index (κ1) is 30.5. The summed E-state index contributed by atoms with van der Waals surface area (Å²) in [5, 5.41) is 2.58. The van der Waals surface area contributed by atoms with E-state index in [1.165, 1.54) is 0 Å². The molecule has 0 radical (unpaired) electrons. The van der Waals surface area contributed by atoms with Gasteiger partial charge in [0, 0.05) is 32.1 Å². The maximum atomic E-state index is 15.6. The summed E-state index contributed by atoms with van der Waals surface area (Å²) in [5.41, 5.74) is 5.11. The van der Waals surface area contributed by atoms with Crippen molar-refractivity contribution in [3.05, 3.63) is 11.1 Å². The minimum absolute atomic E-state index is 0.0859. The summed E-state index contributed by atoms with van der Waals surface area (Å²) in [6.45, 7) is 6.08. The van der Waals surface area contributed by atoms with Crippen LogP contribution >= 0.6 is 11.6 Å². The van der Waals surface area contributed by atoms with Crippen molar-refractivity contribution in [1.29, 1.82) is 0 Å². The summed E-state index contributed by atoms with van der Waals surface area (Å²) >= 11 is 6.18. The Morgan fingerprint density at radius 2 is 1.93 bits per heavy atom. The van der Waals surface area contributed by atoms with Gasteiger partial charge in [-0.15, -0.1) is 0 Å². The van der Waals surface area contributed by atoms with Gasteiger partial charge in [0.2, 0.25) is 23.3 Å². The zero-order valence-electron chi connectivity index (χ0n) is 24.0. The first-order chi connectivity index (χ1) is 19.0. The number of nitrogens with zero attached hydrogens (tertiary/aromatic N) is 4. The molecular weight excluding hydrogens is 541 g/mol. The van der Waals surface area contributed by atoms with Crippen LogP contribution in [0.2, 0.25) is 5.28 Å². The van der Waals surface area contributed by atoms with Crippen LogP contribution in [0.25, 0.3) is 0 Å². The fourth-order valence-electron chi connectivity index (χ4n) is 6.17. The van der Waals surface area contributed by atoms with Gasteiger partial charge in [-0.05, 0) is 56.3 Å². The molecule has 3 N–H and O–H groups in total. The van der Waals surface area contributed by atoms with Crippen molar-refractivity contribution in [1.82, 2.24) is 25.6 Å². The summed E-state index contributed by atoms with van der Waals surface area (Å²) < 4.78 is 26.4. The van der Waals surface area contributed by atoms with Gasteiger partial charge in [0.05, 0.1) is 12.5 Å². The van der Waals surface area contributed by atoms with E-state index in [1.54, 1.807) is 0 Å². The summed E-state index contributed by atoms with van der Waals surface area (Å²) in [4.78, 5) is 37.7. The Kier molecular flexibility index (Phi) is 10.3. The van der Waals surface area contributed by atoms with E-state index in [1.807, 2.05) is 19.0 Å². The second kappa shape index (κ2) is 13.5. The number of likely N-dealkylation sites (N-methyl/N-ethyl adjacent to an activating group) is 1. The molecule has 0 bridgehead atoms. The van der Waals surface area contributed by atoms with Crippen LogP contribution in [0.4, 0.5) is 20.8 Å². The summed E-state index contributed by atoms with van der Waals surface area (Å²) in [6.07, 6.45) is 6.29. The molecule has 2 amide bonds. The average molecular weight is 584 g/mol. The molecule has 2 saturated heterocycles. The van der Waals surface area contributed by atoms with Crippen LogP contribution < -0.4 is 21.1 Å². The van der Waals surface area contributed by atoms with Crippen LogP contribution in [-0.2, 0) is 14.3 Å². The second-order valence-electron chi connectivity index (χ2n) is 12.1. The van der Waals surface area contributed by atoms with Gasteiger partial charge in [0.15, 0.2) is 11.6 Å². The number of aromatic nitrogens is 2. The molecule has 3 fully saturated rings. The molecule has 0 aromatic carbocycles. The SMILES string of the molecule is CN(C)C1CN(c2nc(Cl)nc(NNC(=O)[C@@H](CNC(=O)OC3CCCCO3)CC3CCCC3)c2F)CC1(C)C. The van der Waals surface area contributed by atoms with Crippen LogP contribution in [0.3, 0.4) is 0 Å². The Labute approximate surface area is 240 Å². The predicted octanol–water partition coefficient (Wildman–Crippen LogP) is 3.94. The number of ether oxygens (including phenoxy) is 2. The third-order valence-electron chi connectivity index (χ3n) is 8.26. The topological polar surface area (TPSA) is 121 Å². The van der Waals surface area contributed by atoms with E-state index in [2.05, 4.69) is 44.9 Å². The first-order valence-electron chi connectivity index (χ1n) is 14.3. The lowest BCUT2D eigenvalue weighted by molar-refractivity contribution is -0.127. The maximum Gasteiger partial charge on any atom is 0.409 e.